The summed E-state index contributed by atoms with van der Waals surface area (Å²) in [5.41, 5.74) is 14.1. The molecule has 20 rings (SSSR count). The molecule has 20 aromatic rings. The molecule has 0 unspecified atom stereocenters. The molecule has 464 valence electrons. The molecule has 0 atom stereocenters. The number of fused-ring (bicyclic) bond motifs is 14. The topological polar surface area (TPSA) is 124 Å². The quantitative estimate of drug-likeness (QED) is 0.167. The standard InChI is InChI=1S/C43H26N4O.C27H16ClN3O.C16H11N.CH4/c1-3-13-27(14-4-1)41-44-42(28-15-5-2-6-16-28)46-43(45-41)35-25-31(26-39-40(35)33-20-10-12-22-38(33)48-39)47-36-21-11-9-19-32(36)34-23-29-17-7-8-18-30(29)24-37(34)47;28-19-15-21(24-20-13-7-8-14-22(20)32-23(24)16-19)27-30-25(17-9-3-1-4-10-17)29-26(31-27)18-11-5-2-6-12-18;1-2-6-12-10-16-14(9-11(12)5-1)13-7-3-4-8-15(13)17-16;/h1-26H;1-16H;1-10,17H;1H4. The molecule has 0 saturated carbocycles. The fourth-order valence-corrected chi connectivity index (χ4v) is 13.7. The van der Waals surface area contributed by atoms with E-state index < -0.39 is 0 Å². The summed E-state index contributed by atoms with van der Waals surface area (Å²) >= 11 is 6.48. The second kappa shape index (κ2) is 24.8. The van der Waals surface area contributed by atoms with Crippen LogP contribution in [0.2, 0.25) is 5.02 Å². The van der Waals surface area contributed by atoms with Crippen LogP contribution in [-0.2, 0) is 0 Å². The number of aromatic amines is 1. The van der Waals surface area contributed by atoms with Gasteiger partial charge in [-0.05, 0) is 82.2 Å². The lowest BCUT2D eigenvalue weighted by atomic mass is 10.0. The van der Waals surface area contributed by atoms with Gasteiger partial charge in [-0.25, -0.2) is 29.9 Å². The molecule has 0 aliphatic rings. The maximum Gasteiger partial charge on any atom is 0.164 e. The van der Waals surface area contributed by atoms with Crippen molar-refractivity contribution in [3.05, 3.63) is 320 Å². The van der Waals surface area contributed by atoms with Gasteiger partial charge in [0.05, 0.1) is 16.7 Å². The van der Waals surface area contributed by atoms with Crippen LogP contribution in [0.15, 0.2) is 324 Å². The lowest BCUT2D eigenvalue weighted by Crippen LogP contribution is -2.01. The molecule has 0 saturated heterocycles. The summed E-state index contributed by atoms with van der Waals surface area (Å²) in [6, 6.07) is 107. The fourth-order valence-electron chi connectivity index (χ4n) is 13.5. The Bertz CT molecular complexity index is 6280. The molecule has 10 nitrogen and oxygen atoms in total. The molecule has 11 heteroatoms. The maximum atomic E-state index is 6.59. The minimum absolute atomic E-state index is 0. The molecule has 0 bridgehead atoms. The van der Waals surface area contributed by atoms with E-state index in [1.807, 2.05) is 176 Å². The number of nitrogens with zero attached hydrogens (tertiary/aromatic N) is 7. The SMILES string of the molecule is C.Clc1cc(-c2nc(-c3ccccc3)nc(-c3ccccc3)n2)c2c(c1)oc1ccccc12.c1ccc(-c2nc(-c3ccccc3)nc(-c3cc(-n4c5ccccc5c5cc6ccccc6cc54)cc4oc5ccccc5c34)n2)cc1.c1ccc2cc3c(cc2c1)[nH]c1ccccc13. The van der Waals surface area contributed by atoms with Crippen LogP contribution >= 0.6 is 11.6 Å². The van der Waals surface area contributed by atoms with Crippen molar-refractivity contribution in [2.75, 3.05) is 0 Å². The molecule has 0 fully saturated rings. The maximum absolute atomic E-state index is 6.59. The number of furan rings is 2. The highest BCUT2D eigenvalue weighted by molar-refractivity contribution is 6.32. The van der Waals surface area contributed by atoms with E-state index in [1.165, 1.54) is 54.1 Å². The van der Waals surface area contributed by atoms with Gasteiger partial charge in [-0.1, -0.05) is 262 Å². The minimum Gasteiger partial charge on any atom is -0.456 e. The first kappa shape index (κ1) is 58.9. The summed E-state index contributed by atoms with van der Waals surface area (Å²) in [5.74, 6) is 3.60. The summed E-state index contributed by atoms with van der Waals surface area (Å²) in [6.07, 6.45) is 0. The molecule has 6 heterocycles. The largest absolute Gasteiger partial charge is 0.456 e. The number of nitrogens with one attached hydrogen (secondary N) is 1. The second-order valence-corrected chi connectivity index (χ2v) is 24.4. The van der Waals surface area contributed by atoms with Gasteiger partial charge in [-0.15, -0.1) is 0 Å². The molecule has 1 N–H and O–H groups in total. The van der Waals surface area contributed by atoms with Gasteiger partial charge in [-0.2, -0.15) is 0 Å². The van der Waals surface area contributed by atoms with Crippen LogP contribution in [-0.4, -0.2) is 39.5 Å². The minimum atomic E-state index is 0. The van der Waals surface area contributed by atoms with Gasteiger partial charge in [-0.3, -0.25) is 0 Å². The first-order valence-corrected chi connectivity index (χ1v) is 32.5. The van der Waals surface area contributed by atoms with Crippen molar-refractivity contribution in [3.8, 4) is 74.0 Å². The molecule has 0 radical (unpaired) electrons. The van der Waals surface area contributed by atoms with Crippen LogP contribution in [0.25, 0.3) is 183 Å². The highest BCUT2D eigenvalue weighted by Crippen LogP contribution is 2.43. The molecule has 6 aromatic heterocycles. The first-order chi connectivity index (χ1) is 48.0. The third kappa shape index (κ3) is 10.7. The molecule has 0 aliphatic carbocycles. The Labute approximate surface area is 567 Å². The van der Waals surface area contributed by atoms with E-state index in [2.05, 4.69) is 149 Å². The first-order valence-electron chi connectivity index (χ1n) is 32.1. The Balaban J connectivity index is 0.000000123. The molecule has 0 aliphatic heterocycles. The van der Waals surface area contributed by atoms with E-state index in [0.29, 0.717) is 45.6 Å². The lowest BCUT2D eigenvalue weighted by molar-refractivity contribution is 0.668. The Hall–Kier alpha value is -12.9. The number of aromatic nitrogens is 8. The number of halogens is 1. The van der Waals surface area contributed by atoms with E-state index in [9.17, 15) is 0 Å². The van der Waals surface area contributed by atoms with E-state index in [4.69, 9.17) is 50.3 Å². The Morgan fingerprint density at radius 2 is 0.663 bits per heavy atom. The van der Waals surface area contributed by atoms with Crippen molar-refractivity contribution in [1.82, 2.24) is 39.5 Å². The molecular weight excluding hydrogens is 1220 g/mol. The van der Waals surface area contributed by atoms with Crippen molar-refractivity contribution in [2.24, 2.45) is 0 Å². The zero-order valence-electron chi connectivity index (χ0n) is 51.8. The second-order valence-electron chi connectivity index (χ2n) is 24.0. The Morgan fingerprint density at radius 3 is 1.18 bits per heavy atom. The van der Waals surface area contributed by atoms with Gasteiger partial charge in [0.25, 0.3) is 0 Å². The summed E-state index contributed by atoms with van der Waals surface area (Å²) in [5, 5.41) is 14.5. The smallest absolute Gasteiger partial charge is 0.164 e. The van der Waals surface area contributed by atoms with Crippen LogP contribution in [0.1, 0.15) is 7.43 Å². The van der Waals surface area contributed by atoms with Gasteiger partial charge < -0.3 is 18.4 Å². The molecule has 0 spiro atoms. The summed E-state index contributed by atoms with van der Waals surface area (Å²) < 4.78 is 15.0. The third-order valence-electron chi connectivity index (χ3n) is 18.0. The highest BCUT2D eigenvalue weighted by atomic mass is 35.5. The number of hydrogen-bond donors (Lipinski definition) is 1. The zero-order chi connectivity index (χ0) is 64.3. The van der Waals surface area contributed by atoms with Gasteiger partial charge in [0.15, 0.2) is 34.9 Å². The molecule has 98 heavy (non-hydrogen) atoms. The predicted molar refractivity (Wildman–Crippen MR) is 404 cm³/mol. The Morgan fingerprint density at radius 1 is 0.276 bits per heavy atom. The van der Waals surface area contributed by atoms with E-state index >= 15 is 0 Å². The predicted octanol–water partition coefficient (Wildman–Crippen LogP) is 23.6. The number of rotatable bonds is 7. The molecule has 14 aromatic carbocycles. The number of H-pyrrole nitrogens is 1. The average molecular weight is 1280 g/mol. The van der Waals surface area contributed by atoms with Crippen molar-refractivity contribution in [3.63, 3.8) is 0 Å². The van der Waals surface area contributed by atoms with Crippen LogP contribution in [0.4, 0.5) is 0 Å². The lowest BCUT2D eigenvalue weighted by Gasteiger charge is -2.13. The third-order valence-corrected chi connectivity index (χ3v) is 18.2. The van der Waals surface area contributed by atoms with Crippen LogP contribution in [0, 0.1) is 0 Å². The van der Waals surface area contributed by atoms with E-state index in [1.54, 1.807) is 0 Å². The van der Waals surface area contributed by atoms with Crippen LogP contribution in [0.3, 0.4) is 0 Å². The summed E-state index contributed by atoms with van der Waals surface area (Å²) in [4.78, 5) is 33.2. The van der Waals surface area contributed by atoms with E-state index in [0.717, 1.165) is 88.4 Å². The van der Waals surface area contributed by atoms with Crippen molar-refractivity contribution < 1.29 is 8.83 Å². The van der Waals surface area contributed by atoms with E-state index in [-0.39, 0.29) is 7.43 Å². The van der Waals surface area contributed by atoms with Crippen LogP contribution in [0.5, 0.6) is 0 Å². The Kier molecular flexibility index (Phi) is 14.9. The fraction of sp³-hybridized carbons (Fsp3) is 0.0115. The number of para-hydroxylation sites is 4. The monoisotopic (exact) mass is 1280 g/mol. The normalized spacial score (nSPS) is 11.4. The number of benzene rings is 14. The highest BCUT2D eigenvalue weighted by Gasteiger charge is 2.23. The van der Waals surface area contributed by atoms with Crippen molar-refractivity contribution in [2.45, 2.75) is 7.43 Å². The van der Waals surface area contributed by atoms with Gasteiger partial charge in [0, 0.05) is 105 Å². The van der Waals surface area contributed by atoms with Gasteiger partial charge in [0.2, 0.25) is 0 Å². The van der Waals surface area contributed by atoms with Crippen molar-refractivity contribution >= 4 is 121 Å². The molecular formula is C87H57ClN8O2. The summed E-state index contributed by atoms with van der Waals surface area (Å²) in [6.45, 7) is 0. The van der Waals surface area contributed by atoms with Crippen LogP contribution < -0.4 is 0 Å². The summed E-state index contributed by atoms with van der Waals surface area (Å²) in [7, 11) is 0. The van der Waals surface area contributed by atoms with Gasteiger partial charge >= 0.3 is 0 Å². The van der Waals surface area contributed by atoms with Crippen molar-refractivity contribution in [1.29, 1.82) is 0 Å². The van der Waals surface area contributed by atoms with Gasteiger partial charge in [0.1, 0.15) is 22.3 Å². The number of hydrogen-bond acceptors (Lipinski definition) is 8. The molecule has 0 amide bonds. The zero-order valence-corrected chi connectivity index (χ0v) is 52.6. The average Bonchev–Trinajstić information content (AvgIpc) is 1.57.